The molecule has 0 saturated heterocycles. The highest BCUT2D eigenvalue weighted by Crippen LogP contribution is 2.38. The van der Waals surface area contributed by atoms with Crippen LogP contribution in [0.2, 0.25) is 0 Å². The molecule has 0 aromatic heterocycles. The molecule has 230 valence electrons. The van der Waals surface area contributed by atoms with Gasteiger partial charge in [0.25, 0.3) is 0 Å². The van der Waals surface area contributed by atoms with E-state index in [-0.39, 0.29) is 34.5 Å². The summed E-state index contributed by atoms with van der Waals surface area (Å²) in [5.41, 5.74) is 8.27. The van der Waals surface area contributed by atoms with Gasteiger partial charge in [0.1, 0.15) is 34.5 Å². The standard InChI is InChI=1S/C40H34O6/c41-35-9-1-25(2-10-35)17-31-21-29(22-32(39(31)45)18-26-3-11-36(42)12-4-26)30-23-33(19-27-5-13-37(43)14-6-27)40(46)34(24-30)20-28-7-15-38(44)16-8-28/h1-16,21-24,41-46H,17-20H2. The quantitative estimate of drug-likeness (QED) is 0.0988. The molecule has 0 unspecified atom stereocenters. The molecule has 0 saturated carbocycles. The smallest absolute Gasteiger partial charge is 0.122 e. The van der Waals surface area contributed by atoms with Crippen LogP contribution in [-0.2, 0) is 25.7 Å². The average Bonchev–Trinajstić information content (AvgIpc) is 3.05. The fourth-order valence-electron chi connectivity index (χ4n) is 5.73. The van der Waals surface area contributed by atoms with Gasteiger partial charge >= 0.3 is 0 Å². The highest BCUT2D eigenvalue weighted by molar-refractivity contribution is 5.71. The average molecular weight is 611 g/mol. The van der Waals surface area contributed by atoms with Crippen LogP contribution >= 0.6 is 0 Å². The maximum atomic E-state index is 11.5. The summed E-state index contributed by atoms with van der Waals surface area (Å²) in [6.07, 6.45) is 1.73. The zero-order valence-electron chi connectivity index (χ0n) is 25.1. The number of phenolic OH excluding ortho intramolecular Hbond substituents is 6. The highest BCUT2D eigenvalue weighted by atomic mass is 16.3. The number of hydrogen-bond donors (Lipinski definition) is 6. The number of rotatable bonds is 9. The summed E-state index contributed by atoms with van der Waals surface area (Å²) < 4.78 is 0. The predicted molar refractivity (Wildman–Crippen MR) is 179 cm³/mol. The lowest BCUT2D eigenvalue weighted by molar-refractivity contribution is 0.462. The Hall–Kier alpha value is -5.88. The van der Waals surface area contributed by atoms with Crippen LogP contribution in [0.25, 0.3) is 11.1 Å². The van der Waals surface area contributed by atoms with Gasteiger partial charge in [0, 0.05) is 25.7 Å². The zero-order chi connectivity index (χ0) is 32.2. The Labute approximate surface area is 267 Å². The molecule has 0 heterocycles. The molecule has 46 heavy (non-hydrogen) atoms. The second-order valence-corrected chi connectivity index (χ2v) is 11.7. The van der Waals surface area contributed by atoms with Crippen molar-refractivity contribution in [2.45, 2.75) is 25.7 Å². The van der Waals surface area contributed by atoms with Crippen molar-refractivity contribution in [3.8, 4) is 45.6 Å². The predicted octanol–water partition coefficient (Wildman–Crippen LogP) is 7.95. The van der Waals surface area contributed by atoms with Crippen LogP contribution in [-0.4, -0.2) is 30.6 Å². The molecule has 6 heteroatoms. The molecule has 6 N–H and O–H groups in total. The van der Waals surface area contributed by atoms with Crippen LogP contribution in [0.3, 0.4) is 0 Å². The minimum atomic E-state index is 0.168. The van der Waals surface area contributed by atoms with Crippen LogP contribution in [0, 0.1) is 0 Å². The van der Waals surface area contributed by atoms with Crippen LogP contribution in [0.15, 0.2) is 121 Å². The Morgan fingerprint density at radius 3 is 0.674 bits per heavy atom. The summed E-state index contributed by atoms with van der Waals surface area (Å²) in [5.74, 6) is 1.03. The first kappa shape index (κ1) is 30.2. The number of hydrogen-bond acceptors (Lipinski definition) is 6. The van der Waals surface area contributed by atoms with Gasteiger partial charge in [0.15, 0.2) is 0 Å². The maximum Gasteiger partial charge on any atom is 0.122 e. The largest absolute Gasteiger partial charge is 0.508 e. The van der Waals surface area contributed by atoms with Crippen molar-refractivity contribution in [2.24, 2.45) is 0 Å². The van der Waals surface area contributed by atoms with Crippen molar-refractivity contribution in [3.63, 3.8) is 0 Å². The first-order valence-electron chi connectivity index (χ1n) is 15.0. The van der Waals surface area contributed by atoms with Crippen molar-refractivity contribution in [2.75, 3.05) is 0 Å². The van der Waals surface area contributed by atoms with E-state index in [1.807, 2.05) is 72.8 Å². The van der Waals surface area contributed by atoms with E-state index in [2.05, 4.69) is 0 Å². The summed E-state index contributed by atoms with van der Waals surface area (Å²) in [6, 6.07) is 35.5. The van der Waals surface area contributed by atoms with E-state index in [1.165, 1.54) is 0 Å². The molecule has 0 amide bonds. The molecule has 0 spiro atoms. The lowest BCUT2D eigenvalue weighted by Crippen LogP contribution is -1.99. The molecule has 0 radical (unpaired) electrons. The summed E-state index contributed by atoms with van der Waals surface area (Å²) in [5, 5.41) is 62.2. The van der Waals surface area contributed by atoms with Gasteiger partial charge in [-0.25, -0.2) is 0 Å². The number of aromatic hydroxyl groups is 6. The topological polar surface area (TPSA) is 121 Å². The molecule has 6 aromatic rings. The molecule has 0 fully saturated rings. The van der Waals surface area contributed by atoms with Crippen molar-refractivity contribution < 1.29 is 30.6 Å². The molecular weight excluding hydrogens is 576 g/mol. The minimum Gasteiger partial charge on any atom is -0.508 e. The molecule has 0 aliphatic rings. The minimum absolute atomic E-state index is 0.168. The fourth-order valence-corrected chi connectivity index (χ4v) is 5.73. The number of benzene rings is 6. The van der Waals surface area contributed by atoms with Gasteiger partial charge in [0.05, 0.1) is 0 Å². The van der Waals surface area contributed by atoms with E-state index < -0.39 is 0 Å². The Kier molecular flexibility index (Phi) is 8.53. The van der Waals surface area contributed by atoms with Crippen LogP contribution in [0.4, 0.5) is 0 Å². The molecular formula is C40H34O6. The fraction of sp³-hybridized carbons (Fsp3) is 0.100. The normalized spacial score (nSPS) is 11.0. The van der Waals surface area contributed by atoms with E-state index in [9.17, 15) is 30.6 Å². The Morgan fingerprint density at radius 2 is 0.478 bits per heavy atom. The van der Waals surface area contributed by atoms with Crippen molar-refractivity contribution in [1.29, 1.82) is 0 Å². The van der Waals surface area contributed by atoms with Gasteiger partial charge in [-0.05, 0) is 128 Å². The van der Waals surface area contributed by atoms with Crippen molar-refractivity contribution >= 4 is 0 Å². The summed E-state index contributed by atoms with van der Waals surface area (Å²) in [7, 11) is 0. The van der Waals surface area contributed by atoms with Crippen LogP contribution in [0.5, 0.6) is 34.5 Å². The zero-order valence-corrected chi connectivity index (χ0v) is 25.1. The van der Waals surface area contributed by atoms with Gasteiger partial charge < -0.3 is 30.6 Å². The van der Waals surface area contributed by atoms with Gasteiger partial charge in [0.2, 0.25) is 0 Å². The Morgan fingerprint density at radius 1 is 0.283 bits per heavy atom. The maximum absolute atomic E-state index is 11.5. The molecule has 6 nitrogen and oxygen atoms in total. The molecule has 0 bridgehead atoms. The highest BCUT2D eigenvalue weighted by Gasteiger charge is 2.17. The summed E-state index contributed by atoms with van der Waals surface area (Å²) in [4.78, 5) is 0. The molecule has 6 aromatic carbocycles. The number of phenols is 6. The van der Waals surface area contributed by atoms with E-state index >= 15 is 0 Å². The van der Waals surface area contributed by atoms with E-state index in [0.717, 1.165) is 33.4 Å². The summed E-state index contributed by atoms with van der Waals surface area (Å²) in [6.45, 7) is 0. The summed E-state index contributed by atoms with van der Waals surface area (Å²) >= 11 is 0. The van der Waals surface area contributed by atoms with Crippen LogP contribution in [0.1, 0.15) is 44.5 Å². The monoisotopic (exact) mass is 610 g/mol. The Bertz CT molecular complexity index is 1680. The van der Waals surface area contributed by atoms with E-state index in [4.69, 9.17) is 0 Å². The van der Waals surface area contributed by atoms with E-state index in [1.54, 1.807) is 48.5 Å². The van der Waals surface area contributed by atoms with Gasteiger partial charge in [-0.3, -0.25) is 0 Å². The lowest BCUT2D eigenvalue weighted by Gasteiger charge is -2.17. The third-order valence-corrected chi connectivity index (χ3v) is 8.19. The van der Waals surface area contributed by atoms with Gasteiger partial charge in [-0.15, -0.1) is 0 Å². The van der Waals surface area contributed by atoms with Gasteiger partial charge in [-0.2, -0.15) is 0 Å². The first-order valence-corrected chi connectivity index (χ1v) is 15.0. The Balaban J connectivity index is 1.48. The van der Waals surface area contributed by atoms with E-state index in [0.29, 0.717) is 47.9 Å². The molecule has 0 aliphatic carbocycles. The van der Waals surface area contributed by atoms with Crippen molar-refractivity contribution in [3.05, 3.63) is 166 Å². The third kappa shape index (κ3) is 7.08. The van der Waals surface area contributed by atoms with Gasteiger partial charge in [-0.1, -0.05) is 48.5 Å². The molecule has 0 aliphatic heterocycles. The SMILES string of the molecule is Oc1ccc(Cc2cc(-c3cc(Cc4ccc(O)cc4)c(O)c(Cc4ccc(O)cc4)c3)cc(Cc3ccc(O)cc3)c2O)cc1. The second-order valence-electron chi connectivity index (χ2n) is 11.7. The van der Waals surface area contributed by atoms with Crippen molar-refractivity contribution in [1.82, 2.24) is 0 Å². The molecule has 0 atom stereocenters. The first-order chi connectivity index (χ1) is 22.2. The van der Waals surface area contributed by atoms with Crippen LogP contribution < -0.4 is 0 Å². The third-order valence-electron chi connectivity index (χ3n) is 8.19. The second kappa shape index (κ2) is 13.0. The molecule has 6 rings (SSSR count). The lowest BCUT2D eigenvalue weighted by atomic mass is 9.89.